The summed E-state index contributed by atoms with van der Waals surface area (Å²) in [6, 6.07) is 7.81. The van der Waals surface area contributed by atoms with Crippen molar-refractivity contribution in [2.75, 3.05) is 56.9 Å². The first kappa shape index (κ1) is 58.4. The maximum Gasteiger partial charge on any atom is 0.291 e. The van der Waals surface area contributed by atoms with Crippen molar-refractivity contribution in [2.24, 2.45) is 62.1 Å². The summed E-state index contributed by atoms with van der Waals surface area (Å²) < 4.78 is 12.1. The van der Waals surface area contributed by atoms with Crippen molar-refractivity contribution in [3.63, 3.8) is 0 Å². The third kappa shape index (κ3) is 13.6. The van der Waals surface area contributed by atoms with E-state index in [0.29, 0.717) is 47.1 Å². The number of nitrogens with one attached hydrogen (secondary N) is 9. The number of carbonyl (C=O) groups is 9. The molecule has 8 heterocycles. The Morgan fingerprint density at radius 3 is 1.12 bits per heavy atom. The molecule has 8 aromatic rings. The van der Waals surface area contributed by atoms with Crippen LogP contribution in [0.5, 0.6) is 0 Å². The lowest BCUT2D eigenvalue weighted by molar-refractivity contribution is -0.117. The Morgan fingerprint density at radius 2 is 0.771 bits per heavy atom. The molecule has 0 saturated heterocycles. The number of carbonyl (C=O) groups excluding carboxylic acids is 9. The maximum atomic E-state index is 13.4. The fraction of sp³-hybridized carbons (Fsp3) is 0.264. The Morgan fingerprint density at radius 1 is 0.434 bits per heavy atom. The average Bonchev–Trinajstić information content (AvgIpc) is 4.48. The first-order valence-corrected chi connectivity index (χ1v) is 25.6. The summed E-state index contributed by atoms with van der Waals surface area (Å²) in [5.74, 6) is -4.53. The predicted molar refractivity (Wildman–Crippen MR) is 304 cm³/mol. The molecule has 8 rings (SSSR count). The molecule has 0 aliphatic heterocycles. The molecule has 1 atom stereocenters. The fourth-order valence-corrected chi connectivity index (χ4v) is 8.78. The summed E-state index contributed by atoms with van der Waals surface area (Å²) in [4.78, 5) is 127. The normalized spacial score (nSPS) is 11.4. The molecule has 30 heteroatoms. The third-order valence-corrected chi connectivity index (χ3v) is 13.0. The van der Waals surface area contributed by atoms with Crippen LogP contribution in [0.25, 0.3) is 0 Å². The van der Waals surface area contributed by atoms with Gasteiger partial charge in [0.15, 0.2) is 11.6 Å². The quantitative estimate of drug-likeness (QED) is 0.0433. The Labute approximate surface area is 473 Å². The second kappa shape index (κ2) is 24.7. The van der Waals surface area contributed by atoms with E-state index in [9.17, 15) is 43.2 Å². The molecule has 9 amide bonds. The second-order valence-electron chi connectivity index (χ2n) is 19.5. The molecule has 0 fully saturated rings. The van der Waals surface area contributed by atoms with Gasteiger partial charge in [-0.2, -0.15) is 0 Å². The molecule has 83 heavy (non-hydrogen) atoms. The van der Waals surface area contributed by atoms with Crippen LogP contribution in [0.15, 0.2) is 92.2 Å². The van der Waals surface area contributed by atoms with Crippen molar-refractivity contribution >= 4 is 93.1 Å². The number of amides is 9. The summed E-state index contributed by atoms with van der Waals surface area (Å²) in [6.07, 6.45) is 14.3. The van der Waals surface area contributed by atoms with Gasteiger partial charge in [-0.3, -0.25) is 43.2 Å². The van der Waals surface area contributed by atoms with E-state index in [0.717, 1.165) is 0 Å². The van der Waals surface area contributed by atoms with Crippen molar-refractivity contribution in [1.82, 2.24) is 57.1 Å². The van der Waals surface area contributed by atoms with E-state index in [1.165, 1.54) is 77.8 Å². The van der Waals surface area contributed by atoms with E-state index in [1.54, 1.807) is 107 Å². The molecule has 0 aliphatic rings. The highest BCUT2D eigenvalue weighted by molar-refractivity contribution is 6.10. The molecule has 0 saturated carbocycles. The minimum atomic E-state index is -1.10. The largest absolute Gasteiger partial charge is 0.396 e. The fourth-order valence-electron chi connectivity index (χ4n) is 8.78. The summed E-state index contributed by atoms with van der Waals surface area (Å²) in [7, 11) is 13.0. The average molecular weight is 1140 g/mol. The first-order valence-electron chi connectivity index (χ1n) is 25.6. The van der Waals surface area contributed by atoms with Crippen LogP contribution in [0, 0.1) is 0 Å². The number of nitrogens with zero attached hydrogens (tertiary/aromatic N) is 10. The zero-order chi connectivity index (χ0) is 60.0. The second-order valence-corrected chi connectivity index (χ2v) is 19.5. The van der Waals surface area contributed by atoms with Gasteiger partial charge in [-0.1, -0.05) is 0 Å². The molecule has 0 spiro atoms. The van der Waals surface area contributed by atoms with E-state index in [1.807, 2.05) is 0 Å². The van der Waals surface area contributed by atoms with Gasteiger partial charge < -0.3 is 95.2 Å². The Hall–Kier alpha value is -10.8. The van der Waals surface area contributed by atoms with E-state index >= 15 is 0 Å². The Balaban J connectivity index is 0.774. The lowest BCUT2D eigenvalue weighted by Crippen LogP contribution is -2.39. The highest BCUT2D eigenvalue weighted by Gasteiger charge is 2.24. The van der Waals surface area contributed by atoms with Gasteiger partial charge in [0.2, 0.25) is 11.7 Å². The molecule has 1 unspecified atom stereocenters. The van der Waals surface area contributed by atoms with E-state index in [2.05, 4.69) is 57.8 Å². The molecule has 434 valence electrons. The van der Waals surface area contributed by atoms with Crippen LogP contribution in [0.4, 0.5) is 39.9 Å². The Bertz CT molecular complexity index is 3830. The van der Waals surface area contributed by atoms with Gasteiger partial charge in [0.05, 0.1) is 40.2 Å². The van der Waals surface area contributed by atoms with Gasteiger partial charge in [0.1, 0.15) is 34.2 Å². The van der Waals surface area contributed by atoms with Crippen molar-refractivity contribution in [1.29, 1.82) is 0 Å². The van der Waals surface area contributed by atoms with Crippen molar-refractivity contribution < 1.29 is 48.3 Å². The number of rotatable bonds is 22. The van der Waals surface area contributed by atoms with Gasteiger partial charge in [0, 0.05) is 132 Å². The molecular formula is C53H62N20O10. The van der Waals surface area contributed by atoms with Crippen LogP contribution >= 0.6 is 0 Å². The molecule has 12 N–H and O–H groups in total. The van der Waals surface area contributed by atoms with Crippen LogP contribution < -0.4 is 53.6 Å². The topological polar surface area (TPSA) is 373 Å². The van der Waals surface area contributed by atoms with Crippen molar-refractivity contribution in [3.05, 3.63) is 138 Å². The monoisotopic (exact) mass is 1140 g/mol. The van der Waals surface area contributed by atoms with Crippen LogP contribution in [0.3, 0.4) is 0 Å². The Kier molecular flexibility index (Phi) is 17.4. The van der Waals surface area contributed by atoms with Gasteiger partial charge in [0.25, 0.3) is 47.3 Å². The molecule has 30 nitrogen and oxygen atoms in total. The zero-order valence-electron chi connectivity index (χ0n) is 46.4. The standard InChI is InChI=1S/C53H62N20O10/c1-66-14-13-55-43(66)52(82)62-33-20-40(71(6)26-33)50(80)60-31-18-39(70(5)24-31)49(79)59-30-17-37(68(3)23-30)47(77)57-12-10-35(54)45(75)65-42-28-73(8)44(64-42)53(83)63-34-21-41(72(7)27-34)51(81)61-32-19-38(69(4)25-32)48(78)58-29-16-36(67(2)22-29)46(76)56-11-9-15-74/h13-14,16-28,35,74H,9-12,15,54H2,1-8H3,(H,56,76)(H,57,77)(H,58,78)(H,59,79)(H,60,80)(H,61,81)(H,62,82)(H,63,83)(H,65,75). The molecule has 0 radical (unpaired) electrons. The summed E-state index contributed by atoms with van der Waals surface area (Å²) in [5, 5.41) is 33.5. The number of hydrogen-bond acceptors (Lipinski definition) is 13. The predicted octanol–water partition coefficient (Wildman–Crippen LogP) is 1.90. The van der Waals surface area contributed by atoms with E-state index < -0.39 is 53.3 Å². The highest BCUT2D eigenvalue weighted by atomic mass is 16.3. The van der Waals surface area contributed by atoms with Crippen LogP contribution in [0.1, 0.15) is 97.0 Å². The molecule has 0 aromatic carbocycles. The van der Waals surface area contributed by atoms with Crippen molar-refractivity contribution in [3.8, 4) is 0 Å². The highest BCUT2D eigenvalue weighted by Crippen LogP contribution is 2.23. The molecule has 8 aromatic heterocycles. The number of imidazole rings is 2. The van der Waals surface area contributed by atoms with Crippen LogP contribution in [-0.4, -0.2) is 131 Å². The first-order chi connectivity index (χ1) is 39.5. The van der Waals surface area contributed by atoms with Crippen molar-refractivity contribution in [2.45, 2.75) is 18.9 Å². The minimum Gasteiger partial charge on any atom is -0.396 e. The molecule has 0 aliphatic carbocycles. The molecular weight excluding hydrogens is 1080 g/mol. The number of aliphatic hydroxyl groups is 1. The van der Waals surface area contributed by atoms with Gasteiger partial charge >= 0.3 is 0 Å². The number of aromatic nitrogens is 10. The minimum absolute atomic E-state index is 0.00830. The summed E-state index contributed by atoms with van der Waals surface area (Å²) >= 11 is 0. The number of aliphatic hydroxyl groups excluding tert-OH is 1. The maximum absolute atomic E-state index is 13.4. The summed E-state index contributed by atoms with van der Waals surface area (Å²) in [5.41, 5.74) is 9.44. The van der Waals surface area contributed by atoms with Gasteiger partial charge in [-0.25, -0.2) is 9.97 Å². The zero-order valence-corrected chi connectivity index (χ0v) is 46.4. The smallest absolute Gasteiger partial charge is 0.291 e. The lowest BCUT2D eigenvalue weighted by atomic mass is 10.2. The SMILES string of the molecule is Cn1cc(NC(=O)c2cc(NC(=O)c3cc(NC(=O)c4nc(NC(=O)C(N)CCNC(=O)c5cc(NC(=O)c6cc(NC(=O)c7cc(NC(=O)c8nccn8C)cn7C)cn6C)cn5C)cn4C)cn3C)cn2C)cc1C(=O)NCCCO. The summed E-state index contributed by atoms with van der Waals surface area (Å²) in [6.45, 7) is 0.222. The molecule has 0 bridgehead atoms. The van der Waals surface area contributed by atoms with Gasteiger partial charge in [-0.15, -0.1) is 0 Å². The van der Waals surface area contributed by atoms with Crippen LogP contribution in [0.2, 0.25) is 0 Å². The number of anilines is 7. The van der Waals surface area contributed by atoms with E-state index in [4.69, 9.17) is 10.8 Å². The number of hydrogen-bond donors (Lipinski definition) is 11. The number of nitrogens with two attached hydrogens (primary N) is 1. The number of aryl methyl sites for hydroxylation is 8. The lowest BCUT2D eigenvalue weighted by Gasteiger charge is -2.11. The third-order valence-electron chi connectivity index (χ3n) is 13.0. The van der Waals surface area contributed by atoms with E-state index in [-0.39, 0.29) is 77.1 Å². The van der Waals surface area contributed by atoms with Crippen LogP contribution in [-0.2, 0) is 61.2 Å². The van der Waals surface area contributed by atoms with Gasteiger partial charge in [-0.05, 0) is 49.2 Å².